The van der Waals surface area contributed by atoms with Gasteiger partial charge in [0.25, 0.3) is 5.69 Å². The molecule has 0 saturated carbocycles. The molecule has 0 spiro atoms. The highest BCUT2D eigenvalue weighted by atomic mass is 35.5. The predicted octanol–water partition coefficient (Wildman–Crippen LogP) is 3.85. The number of ether oxygens (including phenoxy) is 1. The van der Waals surface area contributed by atoms with Crippen molar-refractivity contribution in [2.75, 3.05) is 33.1 Å². The third-order valence-electron chi connectivity index (χ3n) is 3.99. The Morgan fingerprint density at radius 3 is 2.67 bits per heavy atom. The Labute approximate surface area is 168 Å². The van der Waals surface area contributed by atoms with Gasteiger partial charge in [0.05, 0.1) is 28.8 Å². The topological polar surface area (TPSA) is 79.7 Å². The van der Waals surface area contributed by atoms with Crippen LogP contribution in [0.2, 0.25) is 5.02 Å². The molecule has 0 saturated heterocycles. The largest absolute Gasteiger partial charge is 0.496 e. The van der Waals surface area contributed by atoms with E-state index in [0.717, 1.165) is 11.3 Å². The number of methoxy groups -OCH3 is 1. The number of thiocarbonyl (C=S) groups is 1. The number of anilines is 1. The summed E-state index contributed by atoms with van der Waals surface area (Å²) in [4.78, 5) is 12.5. The van der Waals surface area contributed by atoms with Gasteiger partial charge in [0.2, 0.25) is 0 Å². The van der Waals surface area contributed by atoms with Crippen molar-refractivity contribution in [3.8, 4) is 5.75 Å². The van der Waals surface area contributed by atoms with Crippen LogP contribution >= 0.6 is 23.8 Å². The number of nitro benzene ring substituents is 1. The van der Waals surface area contributed by atoms with Crippen molar-refractivity contribution >= 4 is 40.3 Å². The molecular formula is C18H21ClN4O3S. The maximum atomic E-state index is 10.9. The first-order chi connectivity index (χ1) is 12.8. The van der Waals surface area contributed by atoms with E-state index < -0.39 is 4.92 Å². The number of halogens is 1. The van der Waals surface area contributed by atoms with E-state index in [1.165, 1.54) is 18.2 Å². The zero-order chi connectivity index (χ0) is 20.0. The molecule has 0 aromatic heterocycles. The maximum Gasteiger partial charge on any atom is 0.271 e. The molecule has 2 N–H and O–H groups in total. The molecule has 27 heavy (non-hydrogen) atoms. The van der Waals surface area contributed by atoms with Gasteiger partial charge in [0.1, 0.15) is 5.75 Å². The predicted molar refractivity (Wildman–Crippen MR) is 112 cm³/mol. The van der Waals surface area contributed by atoms with Crippen LogP contribution in [0.1, 0.15) is 11.6 Å². The Balaban J connectivity index is 2.09. The van der Waals surface area contributed by atoms with Gasteiger partial charge in [-0.2, -0.15) is 0 Å². The first-order valence-electron chi connectivity index (χ1n) is 8.11. The van der Waals surface area contributed by atoms with E-state index in [9.17, 15) is 10.1 Å². The average Bonchev–Trinajstić information content (AvgIpc) is 2.63. The number of benzene rings is 2. The highest BCUT2D eigenvalue weighted by molar-refractivity contribution is 7.80. The standard InChI is InChI=1S/C18H21ClN4O3S/c1-22(2)16(13-6-4-5-7-17(13)26-3)11-20-18(27)21-15-10-12(23(24)25)8-9-14(15)19/h4-10,16H,11H2,1-3H3,(H2,20,21,27)/t16-/m0/s1. The smallest absolute Gasteiger partial charge is 0.271 e. The number of para-hydroxylation sites is 1. The lowest BCUT2D eigenvalue weighted by Crippen LogP contribution is -2.37. The zero-order valence-corrected chi connectivity index (χ0v) is 16.8. The van der Waals surface area contributed by atoms with Crippen molar-refractivity contribution in [3.05, 3.63) is 63.2 Å². The van der Waals surface area contributed by atoms with Crippen molar-refractivity contribution < 1.29 is 9.66 Å². The molecule has 0 heterocycles. The Bertz CT molecular complexity index is 832. The van der Waals surface area contributed by atoms with Crippen LogP contribution in [-0.2, 0) is 0 Å². The summed E-state index contributed by atoms with van der Waals surface area (Å²) >= 11 is 11.4. The van der Waals surface area contributed by atoms with E-state index in [1.807, 2.05) is 43.3 Å². The monoisotopic (exact) mass is 408 g/mol. The number of nitro groups is 1. The van der Waals surface area contributed by atoms with Crippen LogP contribution < -0.4 is 15.4 Å². The number of rotatable bonds is 7. The molecule has 0 unspecified atom stereocenters. The zero-order valence-electron chi connectivity index (χ0n) is 15.2. The van der Waals surface area contributed by atoms with Crippen LogP contribution in [0.4, 0.5) is 11.4 Å². The third-order valence-corrected chi connectivity index (χ3v) is 4.56. The molecule has 0 amide bonds. The fourth-order valence-corrected chi connectivity index (χ4v) is 2.95. The van der Waals surface area contributed by atoms with Crippen molar-refractivity contribution in [3.63, 3.8) is 0 Å². The quantitative estimate of drug-likeness (QED) is 0.409. The van der Waals surface area contributed by atoms with Gasteiger partial charge in [-0.25, -0.2) is 0 Å². The summed E-state index contributed by atoms with van der Waals surface area (Å²) in [5.74, 6) is 0.790. The third kappa shape index (κ3) is 5.53. The first kappa shape index (κ1) is 20.9. The van der Waals surface area contributed by atoms with Crippen molar-refractivity contribution in [1.29, 1.82) is 0 Å². The van der Waals surface area contributed by atoms with Gasteiger partial charge in [-0.1, -0.05) is 29.8 Å². The fraction of sp³-hybridized carbons (Fsp3) is 0.278. The molecule has 0 radical (unpaired) electrons. The first-order valence-corrected chi connectivity index (χ1v) is 8.90. The summed E-state index contributed by atoms with van der Waals surface area (Å²) in [7, 11) is 5.56. The Kier molecular flexibility index (Phi) is 7.35. The Hall–Kier alpha value is -2.42. The van der Waals surface area contributed by atoms with Crippen molar-refractivity contribution in [1.82, 2.24) is 10.2 Å². The highest BCUT2D eigenvalue weighted by Crippen LogP contribution is 2.28. The SMILES string of the molecule is COc1ccccc1[C@H](CNC(=S)Nc1cc([N+](=O)[O-])ccc1Cl)N(C)C. The Morgan fingerprint density at radius 1 is 1.33 bits per heavy atom. The minimum Gasteiger partial charge on any atom is -0.496 e. The van der Waals surface area contributed by atoms with Gasteiger partial charge < -0.3 is 20.3 Å². The summed E-state index contributed by atoms with van der Waals surface area (Å²) in [5, 5.41) is 17.6. The van der Waals surface area contributed by atoms with E-state index in [2.05, 4.69) is 10.6 Å². The summed E-state index contributed by atoms with van der Waals surface area (Å²) in [6.07, 6.45) is 0. The van der Waals surface area contributed by atoms with Gasteiger partial charge in [0.15, 0.2) is 5.11 Å². The van der Waals surface area contributed by atoms with Gasteiger partial charge in [-0.05, 0) is 38.4 Å². The van der Waals surface area contributed by atoms with Crippen LogP contribution in [0, 0.1) is 10.1 Å². The molecule has 0 aliphatic carbocycles. The van der Waals surface area contributed by atoms with Gasteiger partial charge in [0, 0.05) is 24.2 Å². The maximum absolute atomic E-state index is 10.9. The number of nitrogens with one attached hydrogen (secondary N) is 2. The summed E-state index contributed by atoms with van der Waals surface area (Å²) in [6.45, 7) is 0.506. The molecule has 144 valence electrons. The van der Waals surface area contributed by atoms with E-state index in [1.54, 1.807) is 7.11 Å². The normalized spacial score (nSPS) is 11.7. The number of non-ortho nitro benzene ring substituents is 1. The lowest BCUT2D eigenvalue weighted by molar-refractivity contribution is -0.384. The fourth-order valence-electron chi connectivity index (χ4n) is 2.59. The highest BCUT2D eigenvalue weighted by Gasteiger charge is 2.19. The molecule has 1 atom stereocenters. The minimum absolute atomic E-state index is 0.00137. The van der Waals surface area contributed by atoms with E-state index in [-0.39, 0.29) is 11.7 Å². The van der Waals surface area contributed by atoms with Crippen molar-refractivity contribution in [2.45, 2.75) is 6.04 Å². The lowest BCUT2D eigenvalue weighted by atomic mass is 10.0. The van der Waals surface area contributed by atoms with Gasteiger partial charge in [-0.3, -0.25) is 10.1 Å². The molecule has 2 aromatic rings. The molecule has 2 aromatic carbocycles. The number of hydrogen-bond donors (Lipinski definition) is 2. The lowest BCUT2D eigenvalue weighted by Gasteiger charge is -2.27. The average molecular weight is 409 g/mol. The van der Waals surface area contributed by atoms with Crippen LogP contribution in [-0.4, -0.2) is 42.7 Å². The molecular weight excluding hydrogens is 388 g/mol. The number of nitrogens with zero attached hydrogens (tertiary/aromatic N) is 2. The van der Waals surface area contributed by atoms with E-state index in [4.69, 9.17) is 28.6 Å². The van der Waals surface area contributed by atoms with E-state index in [0.29, 0.717) is 22.4 Å². The molecule has 0 aliphatic rings. The second kappa shape index (κ2) is 9.50. The summed E-state index contributed by atoms with van der Waals surface area (Å²) < 4.78 is 5.45. The molecule has 9 heteroatoms. The molecule has 0 fully saturated rings. The van der Waals surface area contributed by atoms with Crippen LogP contribution in [0.25, 0.3) is 0 Å². The molecule has 7 nitrogen and oxygen atoms in total. The second-order valence-electron chi connectivity index (χ2n) is 5.98. The number of likely N-dealkylation sites (N-methyl/N-ethyl adjacent to an activating group) is 1. The minimum atomic E-state index is -0.484. The summed E-state index contributed by atoms with van der Waals surface area (Å²) in [5.41, 5.74) is 1.33. The molecule has 0 aliphatic heterocycles. The van der Waals surface area contributed by atoms with Crippen molar-refractivity contribution in [2.24, 2.45) is 0 Å². The van der Waals surface area contributed by atoms with Crippen LogP contribution in [0.5, 0.6) is 5.75 Å². The Morgan fingerprint density at radius 2 is 2.04 bits per heavy atom. The molecule has 2 rings (SSSR count). The van der Waals surface area contributed by atoms with Crippen LogP contribution in [0.15, 0.2) is 42.5 Å². The second-order valence-corrected chi connectivity index (χ2v) is 6.79. The molecule has 0 bridgehead atoms. The van der Waals surface area contributed by atoms with Gasteiger partial charge in [-0.15, -0.1) is 0 Å². The number of hydrogen-bond acceptors (Lipinski definition) is 5. The van der Waals surface area contributed by atoms with Gasteiger partial charge >= 0.3 is 0 Å². The summed E-state index contributed by atoms with van der Waals surface area (Å²) in [6, 6.07) is 11.9. The van der Waals surface area contributed by atoms with E-state index >= 15 is 0 Å². The van der Waals surface area contributed by atoms with Crippen LogP contribution in [0.3, 0.4) is 0 Å².